The second-order valence-electron chi connectivity index (χ2n) is 4.15. The molecule has 16 heavy (non-hydrogen) atoms. The van der Waals surface area contributed by atoms with E-state index in [0.717, 1.165) is 16.7 Å². The fourth-order valence-electron chi connectivity index (χ4n) is 1.68. The van der Waals surface area contributed by atoms with E-state index in [1.807, 2.05) is 32.0 Å². The molecule has 5 N–H and O–H groups in total. The molecular formula is C12H18N2O2. The maximum absolute atomic E-state index is 10.6. The fourth-order valence-corrected chi connectivity index (χ4v) is 1.68. The van der Waals surface area contributed by atoms with Gasteiger partial charge in [0.1, 0.15) is 0 Å². The van der Waals surface area contributed by atoms with Crippen LogP contribution >= 0.6 is 0 Å². The molecule has 0 spiro atoms. The Kier molecular flexibility index (Phi) is 4.04. The van der Waals surface area contributed by atoms with Gasteiger partial charge in [-0.15, -0.1) is 0 Å². The first kappa shape index (κ1) is 12.7. The molecule has 88 valence electrons. The third-order valence-corrected chi connectivity index (χ3v) is 2.67. The lowest BCUT2D eigenvalue weighted by Crippen LogP contribution is -2.36. The zero-order valence-electron chi connectivity index (χ0n) is 9.60. The summed E-state index contributed by atoms with van der Waals surface area (Å²) in [7, 11) is 0. The number of rotatable bonds is 4. The second-order valence-corrected chi connectivity index (χ2v) is 4.15. The Hall–Kier alpha value is -1.39. The van der Waals surface area contributed by atoms with Gasteiger partial charge in [0.25, 0.3) is 0 Å². The average Bonchev–Trinajstić information content (AvgIpc) is 2.19. The number of carboxylic acid groups (broad SMARTS) is 1. The van der Waals surface area contributed by atoms with Crippen LogP contribution in [-0.2, 0) is 4.79 Å². The monoisotopic (exact) mass is 222 g/mol. The molecule has 0 fully saturated rings. The van der Waals surface area contributed by atoms with Crippen LogP contribution < -0.4 is 11.5 Å². The molecule has 4 nitrogen and oxygen atoms in total. The zero-order valence-corrected chi connectivity index (χ0v) is 9.60. The summed E-state index contributed by atoms with van der Waals surface area (Å²) in [6.45, 7) is 3.92. The standard InChI is InChI=1S/C12H18N2O2/c1-7-3-4-8(2)9(5-7)12(14)10(13)6-11(15)16/h3-5,10,12H,6,13-14H2,1-2H3,(H,15,16). The smallest absolute Gasteiger partial charge is 0.304 e. The van der Waals surface area contributed by atoms with Crippen LogP contribution in [0.1, 0.15) is 29.2 Å². The van der Waals surface area contributed by atoms with E-state index in [9.17, 15) is 4.79 Å². The summed E-state index contributed by atoms with van der Waals surface area (Å²) in [4.78, 5) is 10.6. The molecule has 1 rings (SSSR count). The van der Waals surface area contributed by atoms with Gasteiger partial charge in [-0.3, -0.25) is 4.79 Å². The van der Waals surface area contributed by atoms with Crippen LogP contribution in [0.4, 0.5) is 0 Å². The predicted octanol–water partition coefficient (Wildman–Crippen LogP) is 1.11. The minimum atomic E-state index is -0.923. The topological polar surface area (TPSA) is 89.3 Å². The summed E-state index contributed by atoms with van der Waals surface area (Å²) >= 11 is 0. The lowest BCUT2D eigenvalue weighted by Gasteiger charge is -2.21. The van der Waals surface area contributed by atoms with E-state index in [0.29, 0.717) is 0 Å². The van der Waals surface area contributed by atoms with Gasteiger partial charge >= 0.3 is 5.97 Å². The van der Waals surface area contributed by atoms with E-state index >= 15 is 0 Å². The highest BCUT2D eigenvalue weighted by atomic mass is 16.4. The van der Waals surface area contributed by atoms with Crippen LogP contribution in [0.25, 0.3) is 0 Å². The summed E-state index contributed by atoms with van der Waals surface area (Å²) in [5.41, 5.74) is 14.8. The second kappa shape index (κ2) is 5.09. The highest BCUT2D eigenvalue weighted by molar-refractivity contribution is 5.67. The minimum Gasteiger partial charge on any atom is -0.481 e. The van der Waals surface area contributed by atoms with Gasteiger partial charge < -0.3 is 16.6 Å². The van der Waals surface area contributed by atoms with Crippen molar-refractivity contribution < 1.29 is 9.90 Å². The Morgan fingerprint density at radius 1 is 1.38 bits per heavy atom. The van der Waals surface area contributed by atoms with E-state index < -0.39 is 18.1 Å². The van der Waals surface area contributed by atoms with E-state index in [-0.39, 0.29) is 6.42 Å². The molecule has 0 saturated heterocycles. The van der Waals surface area contributed by atoms with E-state index in [1.165, 1.54) is 0 Å². The predicted molar refractivity (Wildman–Crippen MR) is 63.1 cm³/mol. The van der Waals surface area contributed by atoms with Gasteiger partial charge in [-0.1, -0.05) is 23.8 Å². The Morgan fingerprint density at radius 2 is 2.00 bits per heavy atom. The molecule has 0 aliphatic rings. The number of carbonyl (C=O) groups is 1. The maximum Gasteiger partial charge on any atom is 0.304 e. The Morgan fingerprint density at radius 3 is 2.56 bits per heavy atom. The van der Waals surface area contributed by atoms with E-state index in [2.05, 4.69) is 0 Å². The van der Waals surface area contributed by atoms with Gasteiger partial charge in [0, 0.05) is 12.1 Å². The molecule has 0 aromatic heterocycles. The SMILES string of the molecule is Cc1ccc(C)c(C(N)C(N)CC(=O)O)c1. The largest absolute Gasteiger partial charge is 0.481 e. The molecule has 0 heterocycles. The molecule has 0 bridgehead atoms. The van der Waals surface area contributed by atoms with Crippen LogP contribution in [0, 0.1) is 13.8 Å². The summed E-state index contributed by atoms with van der Waals surface area (Å²) in [6.07, 6.45) is -0.117. The number of aliphatic carboxylic acids is 1. The molecule has 1 aromatic rings. The summed E-state index contributed by atoms with van der Waals surface area (Å²) in [5.74, 6) is -0.923. The van der Waals surface area contributed by atoms with Crippen LogP contribution in [-0.4, -0.2) is 17.1 Å². The van der Waals surface area contributed by atoms with Gasteiger partial charge in [-0.25, -0.2) is 0 Å². The first-order valence-electron chi connectivity index (χ1n) is 5.22. The molecule has 0 saturated carbocycles. The van der Waals surface area contributed by atoms with Gasteiger partial charge in [0.05, 0.1) is 6.42 Å². The molecule has 1 aromatic carbocycles. The highest BCUT2D eigenvalue weighted by Gasteiger charge is 2.19. The molecule has 2 unspecified atom stereocenters. The van der Waals surface area contributed by atoms with Gasteiger partial charge in [0.2, 0.25) is 0 Å². The quantitative estimate of drug-likeness (QED) is 0.711. The van der Waals surface area contributed by atoms with Crippen molar-refractivity contribution in [2.24, 2.45) is 11.5 Å². The van der Waals surface area contributed by atoms with Crippen molar-refractivity contribution in [2.75, 3.05) is 0 Å². The van der Waals surface area contributed by atoms with Crippen LogP contribution in [0.3, 0.4) is 0 Å². The van der Waals surface area contributed by atoms with Crippen LogP contribution in [0.2, 0.25) is 0 Å². The first-order valence-corrected chi connectivity index (χ1v) is 5.22. The van der Waals surface area contributed by atoms with Gasteiger partial charge in [-0.05, 0) is 25.0 Å². The van der Waals surface area contributed by atoms with Crippen molar-refractivity contribution >= 4 is 5.97 Å². The normalized spacial score (nSPS) is 14.5. The number of hydrogen-bond acceptors (Lipinski definition) is 3. The molecule has 0 aliphatic carbocycles. The van der Waals surface area contributed by atoms with Crippen molar-refractivity contribution in [2.45, 2.75) is 32.4 Å². The lowest BCUT2D eigenvalue weighted by atomic mass is 9.93. The van der Waals surface area contributed by atoms with E-state index in [1.54, 1.807) is 0 Å². The molecular weight excluding hydrogens is 204 g/mol. The minimum absolute atomic E-state index is 0.117. The Labute approximate surface area is 95.3 Å². The summed E-state index contributed by atoms with van der Waals surface area (Å²) in [5, 5.41) is 8.67. The van der Waals surface area contributed by atoms with Gasteiger partial charge in [0.15, 0.2) is 0 Å². The molecule has 0 aliphatic heterocycles. The average molecular weight is 222 g/mol. The van der Waals surface area contributed by atoms with Crippen molar-refractivity contribution in [3.63, 3.8) is 0 Å². The molecule has 2 atom stereocenters. The lowest BCUT2D eigenvalue weighted by molar-refractivity contribution is -0.137. The third-order valence-electron chi connectivity index (χ3n) is 2.67. The van der Waals surface area contributed by atoms with Crippen molar-refractivity contribution in [1.82, 2.24) is 0 Å². The third kappa shape index (κ3) is 3.05. The van der Waals surface area contributed by atoms with Crippen molar-refractivity contribution in [3.05, 3.63) is 34.9 Å². The maximum atomic E-state index is 10.6. The number of nitrogens with two attached hydrogens (primary N) is 2. The van der Waals surface area contributed by atoms with Crippen molar-refractivity contribution in [1.29, 1.82) is 0 Å². The Balaban J connectivity index is 2.90. The summed E-state index contributed by atoms with van der Waals surface area (Å²) < 4.78 is 0. The van der Waals surface area contributed by atoms with Crippen LogP contribution in [0.15, 0.2) is 18.2 Å². The fraction of sp³-hybridized carbons (Fsp3) is 0.417. The Bertz CT molecular complexity index is 391. The number of aryl methyl sites for hydroxylation is 2. The summed E-state index contributed by atoms with van der Waals surface area (Å²) in [6, 6.07) is 4.93. The molecule has 0 amide bonds. The number of hydrogen-bond donors (Lipinski definition) is 3. The molecule has 0 radical (unpaired) electrons. The van der Waals surface area contributed by atoms with Gasteiger partial charge in [-0.2, -0.15) is 0 Å². The number of carboxylic acids is 1. The van der Waals surface area contributed by atoms with Crippen molar-refractivity contribution in [3.8, 4) is 0 Å². The van der Waals surface area contributed by atoms with E-state index in [4.69, 9.17) is 16.6 Å². The zero-order chi connectivity index (χ0) is 12.3. The molecule has 4 heteroatoms. The van der Waals surface area contributed by atoms with Crippen LogP contribution in [0.5, 0.6) is 0 Å². The highest BCUT2D eigenvalue weighted by Crippen LogP contribution is 2.20. The number of benzene rings is 1. The first-order chi connectivity index (χ1) is 7.41.